The molecule has 2 unspecified atom stereocenters. The molecule has 124 valence electrons. The van der Waals surface area contributed by atoms with Crippen molar-refractivity contribution in [2.45, 2.75) is 52.2 Å². The second-order valence-electron chi connectivity index (χ2n) is 6.08. The highest BCUT2D eigenvalue weighted by Gasteiger charge is 2.20. The van der Waals surface area contributed by atoms with Gasteiger partial charge < -0.3 is 15.8 Å². The number of nitrogens with one attached hydrogen (secondary N) is 1. The summed E-state index contributed by atoms with van der Waals surface area (Å²) in [5, 5.41) is 3.11. The van der Waals surface area contributed by atoms with E-state index in [1.165, 1.54) is 5.56 Å². The third-order valence-corrected chi connectivity index (χ3v) is 3.87. The maximum atomic E-state index is 12.2. The lowest BCUT2D eigenvalue weighted by Crippen LogP contribution is -2.36. The number of carbonyl (C=O) groups excluding carboxylic acids is 1. The molecule has 4 heteroatoms. The number of rotatable bonds is 9. The Morgan fingerprint density at radius 2 is 1.91 bits per heavy atom. The third kappa shape index (κ3) is 5.78. The van der Waals surface area contributed by atoms with Gasteiger partial charge in [0.2, 0.25) is 5.91 Å². The molecule has 4 nitrogen and oxygen atoms in total. The summed E-state index contributed by atoms with van der Waals surface area (Å²) in [6.45, 7) is 6.75. The maximum absolute atomic E-state index is 12.2. The fourth-order valence-corrected chi connectivity index (χ4v) is 2.52. The Labute approximate surface area is 134 Å². The quantitative estimate of drug-likeness (QED) is 0.737. The molecule has 1 aromatic rings. The van der Waals surface area contributed by atoms with E-state index in [1.807, 2.05) is 0 Å². The van der Waals surface area contributed by atoms with Gasteiger partial charge in [0, 0.05) is 13.7 Å². The Bertz CT molecular complexity index is 439. The predicted octanol–water partition coefficient (Wildman–Crippen LogP) is 2.82. The number of hydrogen-bond acceptors (Lipinski definition) is 3. The van der Waals surface area contributed by atoms with Gasteiger partial charge in [0.05, 0.1) is 18.6 Å². The van der Waals surface area contributed by atoms with Gasteiger partial charge in [-0.25, -0.2) is 0 Å². The second kappa shape index (κ2) is 9.59. The average Bonchev–Trinajstić information content (AvgIpc) is 2.51. The van der Waals surface area contributed by atoms with Gasteiger partial charge in [-0.1, -0.05) is 51.5 Å². The van der Waals surface area contributed by atoms with Crippen LogP contribution in [-0.4, -0.2) is 25.7 Å². The minimum atomic E-state index is -0.222. The Morgan fingerprint density at radius 3 is 2.36 bits per heavy atom. The van der Waals surface area contributed by atoms with Crippen molar-refractivity contribution < 1.29 is 9.53 Å². The first kappa shape index (κ1) is 18.7. The van der Waals surface area contributed by atoms with Crippen LogP contribution in [0.2, 0.25) is 0 Å². The molecule has 3 N–H and O–H groups in total. The van der Waals surface area contributed by atoms with E-state index in [4.69, 9.17) is 10.5 Å². The Kier molecular flexibility index (Phi) is 8.13. The normalized spacial score (nSPS) is 13.9. The molecule has 0 saturated heterocycles. The number of ether oxygens (including phenoxy) is 1. The van der Waals surface area contributed by atoms with Crippen LogP contribution >= 0.6 is 0 Å². The number of methoxy groups -OCH3 is 1. The third-order valence-electron chi connectivity index (χ3n) is 3.87. The molecule has 1 rings (SSSR count). The van der Waals surface area contributed by atoms with Gasteiger partial charge in [-0.3, -0.25) is 4.79 Å². The molecular formula is C18H30N2O2. The van der Waals surface area contributed by atoms with Crippen molar-refractivity contribution in [3.8, 4) is 0 Å². The molecular weight excluding hydrogens is 276 g/mol. The molecule has 0 radical (unpaired) electrons. The van der Waals surface area contributed by atoms with Gasteiger partial charge in [0.25, 0.3) is 0 Å². The SMILES string of the molecule is CCCc1ccc(C(NC(=O)CC(CN)OC)C(C)C)cc1. The van der Waals surface area contributed by atoms with E-state index in [1.54, 1.807) is 7.11 Å². The van der Waals surface area contributed by atoms with Crippen LogP contribution in [0, 0.1) is 5.92 Å². The molecule has 1 amide bonds. The molecule has 22 heavy (non-hydrogen) atoms. The van der Waals surface area contributed by atoms with Crippen molar-refractivity contribution in [3.05, 3.63) is 35.4 Å². The van der Waals surface area contributed by atoms with E-state index in [0.29, 0.717) is 18.9 Å². The summed E-state index contributed by atoms with van der Waals surface area (Å²) in [7, 11) is 1.58. The zero-order valence-corrected chi connectivity index (χ0v) is 14.3. The summed E-state index contributed by atoms with van der Waals surface area (Å²) >= 11 is 0. The van der Waals surface area contributed by atoms with Crippen LogP contribution < -0.4 is 11.1 Å². The van der Waals surface area contributed by atoms with Gasteiger partial charge in [-0.15, -0.1) is 0 Å². The summed E-state index contributed by atoms with van der Waals surface area (Å²) < 4.78 is 5.17. The Hall–Kier alpha value is -1.39. The first-order chi connectivity index (χ1) is 10.5. The topological polar surface area (TPSA) is 64.4 Å². The molecule has 0 spiro atoms. The second-order valence-corrected chi connectivity index (χ2v) is 6.08. The largest absolute Gasteiger partial charge is 0.380 e. The van der Waals surface area contributed by atoms with Gasteiger partial charge in [0.15, 0.2) is 0 Å². The Balaban J connectivity index is 2.74. The van der Waals surface area contributed by atoms with Crippen molar-refractivity contribution >= 4 is 5.91 Å². The van der Waals surface area contributed by atoms with Gasteiger partial charge in [0.1, 0.15) is 0 Å². The minimum absolute atomic E-state index is 0.0125. The van der Waals surface area contributed by atoms with Crippen LogP contribution in [0.1, 0.15) is 50.8 Å². The highest BCUT2D eigenvalue weighted by atomic mass is 16.5. The molecule has 2 atom stereocenters. The molecule has 0 fully saturated rings. The highest BCUT2D eigenvalue weighted by molar-refractivity contribution is 5.77. The predicted molar refractivity (Wildman–Crippen MR) is 90.6 cm³/mol. The van der Waals surface area contributed by atoms with Gasteiger partial charge in [-0.05, 0) is 23.5 Å². The summed E-state index contributed by atoms with van der Waals surface area (Å²) in [5.74, 6) is 0.300. The van der Waals surface area contributed by atoms with E-state index in [-0.39, 0.29) is 18.1 Å². The number of aryl methyl sites for hydroxylation is 1. The smallest absolute Gasteiger partial charge is 0.223 e. The molecule has 0 heterocycles. The first-order valence-corrected chi connectivity index (χ1v) is 8.12. The number of hydrogen-bond donors (Lipinski definition) is 2. The number of nitrogens with two attached hydrogens (primary N) is 1. The van der Waals surface area contributed by atoms with Crippen molar-refractivity contribution in [2.75, 3.05) is 13.7 Å². The van der Waals surface area contributed by atoms with Crippen LogP contribution in [0.3, 0.4) is 0 Å². The lowest BCUT2D eigenvalue weighted by Gasteiger charge is -2.24. The monoisotopic (exact) mass is 306 g/mol. The van der Waals surface area contributed by atoms with E-state index >= 15 is 0 Å². The molecule has 0 aromatic heterocycles. The van der Waals surface area contributed by atoms with Crippen molar-refractivity contribution in [1.29, 1.82) is 0 Å². The molecule has 0 aliphatic heterocycles. The van der Waals surface area contributed by atoms with Crippen molar-refractivity contribution in [1.82, 2.24) is 5.32 Å². The number of carbonyl (C=O) groups is 1. The average molecular weight is 306 g/mol. The van der Waals surface area contributed by atoms with Crippen LogP contribution in [0.25, 0.3) is 0 Å². The lowest BCUT2D eigenvalue weighted by molar-refractivity contribution is -0.124. The van der Waals surface area contributed by atoms with E-state index in [0.717, 1.165) is 18.4 Å². The van der Waals surface area contributed by atoms with Gasteiger partial charge in [-0.2, -0.15) is 0 Å². The molecule has 0 aliphatic carbocycles. The van der Waals surface area contributed by atoms with Gasteiger partial charge >= 0.3 is 0 Å². The van der Waals surface area contributed by atoms with Crippen LogP contribution in [-0.2, 0) is 16.0 Å². The summed E-state index contributed by atoms with van der Waals surface area (Å²) in [6, 6.07) is 8.55. The van der Waals surface area contributed by atoms with Crippen molar-refractivity contribution in [3.63, 3.8) is 0 Å². The number of benzene rings is 1. The fourth-order valence-electron chi connectivity index (χ4n) is 2.52. The Morgan fingerprint density at radius 1 is 1.27 bits per heavy atom. The van der Waals surface area contributed by atoms with E-state index in [9.17, 15) is 4.79 Å². The zero-order chi connectivity index (χ0) is 16.5. The zero-order valence-electron chi connectivity index (χ0n) is 14.3. The lowest BCUT2D eigenvalue weighted by atomic mass is 9.94. The number of amides is 1. The summed E-state index contributed by atoms with van der Waals surface area (Å²) in [6.07, 6.45) is 2.30. The standard InChI is InChI=1S/C18H30N2O2/c1-5-6-14-7-9-15(10-8-14)18(13(2)3)20-17(21)11-16(12-19)22-4/h7-10,13,16,18H,5-6,11-12,19H2,1-4H3,(H,20,21). The maximum Gasteiger partial charge on any atom is 0.223 e. The van der Waals surface area contributed by atoms with Crippen LogP contribution in [0.15, 0.2) is 24.3 Å². The summed E-state index contributed by atoms with van der Waals surface area (Å²) in [5.41, 5.74) is 8.05. The first-order valence-electron chi connectivity index (χ1n) is 8.12. The van der Waals surface area contributed by atoms with Crippen LogP contribution in [0.5, 0.6) is 0 Å². The molecule has 0 bridgehead atoms. The highest BCUT2D eigenvalue weighted by Crippen LogP contribution is 2.22. The summed E-state index contributed by atoms with van der Waals surface area (Å²) in [4.78, 5) is 12.2. The van der Waals surface area contributed by atoms with Crippen LogP contribution in [0.4, 0.5) is 0 Å². The molecule has 0 saturated carbocycles. The van der Waals surface area contributed by atoms with E-state index in [2.05, 4.69) is 50.4 Å². The minimum Gasteiger partial charge on any atom is -0.380 e. The van der Waals surface area contributed by atoms with E-state index < -0.39 is 0 Å². The molecule has 1 aromatic carbocycles. The molecule has 0 aliphatic rings. The van der Waals surface area contributed by atoms with Crippen molar-refractivity contribution in [2.24, 2.45) is 11.7 Å². The fraction of sp³-hybridized carbons (Fsp3) is 0.611.